The molecule has 2 nitrogen and oxygen atoms in total. The summed E-state index contributed by atoms with van der Waals surface area (Å²) in [5, 5.41) is 5.82. The van der Waals surface area contributed by atoms with E-state index in [1.807, 2.05) is 11.3 Å². The molecule has 1 aromatic rings. The smallest absolute Gasteiger partial charge is 0.0245 e. The highest BCUT2D eigenvalue weighted by molar-refractivity contribution is 7.10. The second-order valence-electron chi connectivity index (χ2n) is 4.65. The number of hydrogen-bond donors (Lipinski definition) is 1. The summed E-state index contributed by atoms with van der Waals surface area (Å²) in [5.74, 6) is 0. The molecule has 1 N–H and O–H groups in total. The molecule has 0 amide bonds. The Morgan fingerprint density at radius 3 is 3.06 bits per heavy atom. The molecule has 2 aliphatic heterocycles. The Morgan fingerprint density at radius 1 is 1.41 bits per heavy atom. The van der Waals surface area contributed by atoms with E-state index in [-0.39, 0.29) is 24.8 Å². The molecule has 3 heterocycles. The Bertz CT molecular complexity index is 337. The zero-order valence-corrected chi connectivity index (χ0v) is 12.3. The van der Waals surface area contributed by atoms with Crippen molar-refractivity contribution in [3.05, 3.63) is 21.9 Å². The summed E-state index contributed by atoms with van der Waals surface area (Å²) in [6.07, 6.45) is 3.99. The van der Waals surface area contributed by atoms with Crippen LogP contribution in [0.1, 0.15) is 23.3 Å². The van der Waals surface area contributed by atoms with Crippen molar-refractivity contribution in [2.45, 2.75) is 31.8 Å². The summed E-state index contributed by atoms with van der Waals surface area (Å²) in [6.45, 7) is 4.90. The molecule has 98 valence electrons. The highest BCUT2D eigenvalue weighted by Crippen LogP contribution is 2.24. The molecule has 0 bridgehead atoms. The minimum Gasteiger partial charge on any atom is -0.313 e. The van der Waals surface area contributed by atoms with Crippen LogP contribution in [-0.2, 0) is 13.0 Å². The lowest BCUT2D eigenvalue weighted by Gasteiger charge is -2.29. The molecule has 0 aromatic carbocycles. The van der Waals surface area contributed by atoms with Crippen LogP contribution in [-0.4, -0.2) is 30.6 Å². The number of fused-ring (bicyclic) bond motifs is 1. The normalized spacial score (nSPS) is 23.6. The SMILES string of the molecule is Cl.Cl.c1cc2c(s1)CCN(C[C@@H]1CCCN1)C2. The average Bonchev–Trinajstić information content (AvgIpc) is 2.87. The summed E-state index contributed by atoms with van der Waals surface area (Å²) >= 11 is 1.93. The molecule has 17 heavy (non-hydrogen) atoms. The summed E-state index contributed by atoms with van der Waals surface area (Å²) in [6, 6.07) is 3.05. The number of nitrogens with zero attached hydrogens (tertiary/aromatic N) is 1. The van der Waals surface area contributed by atoms with Gasteiger partial charge in [-0.15, -0.1) is 36.2 Å². The Kier molecular flexibility index (Phi) is 6.24. The molecule has 0 saturated carbocycles. The Morgan fingerprint density at radius 2 is 2.29 bits per heavy atom. The van der Waals surface area contributed by atoms with Gasteiger partial charge in [-0.1, -0.05) is 0 Å². The minimum absolute atomic E-state index is 0. The fourth-order valence-electron chi connectivity index (χ4n) is 2.69. The van der Waals surface area contributed by atoms with Crippen LogP contribution in [0.4, 0.5) is 0 Å². The first kappa shape index (κ1) is 15.3. The van der Waals surface area contributed by atoms with Crippen molar-refractivity contribution in [2.75, 3.05) is 19.6 Å². The maximum absolute atomic E-state index is 3.58. The van der Waals surface area contributed by atoms with E-state index >= 15 is 0 Å². The van der Waals surface area contributed by atoms with Gasteiger partial charge in [0.15, 0.2) is 0 Å². The van der Waals surface area contributed by atoms with Crippen LogP contribution in [0, 0.1) is 0 Å². The summed E-state index contributed by atoms with van der Waals surface area (Å²) in [7, 11) is 0. The van der Waals surface area contributed by atoms with Gasteiger partial charge in [-0.3, -0.25) is 4.90 Å². The monoisotopic (exact) mass is 294 g/mol. The van der Waals surface area contributed by atoms with Gasteiger partial charge in [-0.05, 0) is 42.8 Å². The van der Waals surface area contributed by atoms with Crippen molar-refractivity contribution in [3.8, 4) is 0 Å². The van der Waals surface area contributed by atoms with Gasteiger partial charge in [0.2, 0.25) is 0 Å². The Hall–Kier alpha value is 0.200. The fourth-order valence-corrected chi connectivity index (χ4v) is 3.58. The lowest BCUT2D eigenvalue weighted by atomic mass is 10.1. The molecule has 3 rings (SSSR count). The first-order valence-electron chi connectivity index (χ1n) is 5.93. The lowest BCUT2D eigenvalue weighted by Crippen LogP contribution is -2.39. The summed E-state index contributed by atoms with van der Waals surface area (Å²) in [4.78, 5) is 4.23. The lowest BCUT2D eigenvalue weighted by molar-refractivity contribution is 0.233. The van der Waals surface area contributed by atoms with E-state index in [4.69, 9.17) is 0 Å². The highest BCUT2D eigenvalue weighted by Gasteiger charge is 2.21. The van der Waals surface area contributed by atoms with E-state index in [1.165, 1.54) is 45.4 Å². The molecule has 0 radical (unpaired) electrons. The maximum Gasteiger partial charge on any atom is 0.0245 e. The number of nitrogens with one attached hydrogen (secondary N) is 1. The molecule has 1 atom stereocenters. The van der Waals surface area contributed by atoms with Crippen molar-refractivity contribution in [3.63, 3.8) is 0 Å². The van der Waals surface area contributed by atoms with Crippen LogP contribution in [0.3, 0.4) is 0 Å². The molecule has 1 fully saturated rings. The van der Waals surface area contributed by atoms with Gasteiger partial charge < -0.3 is 5.32 Å². The molecular formula is C12H20Cl2N2S. The van der Waals surface area contributed by atoms with Crippen LogP contribution in [0.5, 0.6) is 0 Å². The first-order chi connectivity index (χ1) is 7.42. The van der Waals surface area contributed by atoms with E-state index in [0.29, 0.717) is 0 Å². The van der Waals surface area contributed by atoms with Crippen molar-refractivity contribution in [1.82, 2.24) is 10.2 Å². The van der Waals surface area contributed by atoms with Crippen molar-refractivity contribution < 1.29 is 0 Å². The zero-order valence-electron chi connectivity index (χ0n) is 9.85. The van der Waals surface area contributed by atoms with E-state index in [2.05, 4.69) is 21.7 Å². The summed E-state index contributed by atoms with van der Waals surface area (Å²) in [5.41, 5.74) is 1.57. The molecule has 0 unspecified atom stereocenters. The fraction of sp³-hybridized carbons (Fsp3) is 0.667. The maximum atomic E-state index is 3.58. The molecule has 1 saturated heterocycles. The van der Waals surface area contributed by atoms with Crippen LogP contribution in [0.15, 0.2) is 11.4 Å². The Labute approximate surface area is 120 Å². The Balaban J connectivity index is 0.000000722. The van der Waals surface area contributed by atoms with Crippen LogP contribution in [0.2, 0.25) is 0 Å². The van der Waals surface area contributed by atoms with Crippen molar-refractivity contribution >= 4 is 36.2 Å². The van der Waals surface area contributed by atoms with E-state index in [1.54, 1.807) is 10.4 Å². The third-order valence-corrected chi connectivity index (χ3v) is 4.55. The number of rotatable bonds is 2. The molecule has 2 aliphatic rings. The van der Waals surface area contributed by atoms with Gasteiger partial charge in [-0.25, -0.2) is 0 Å². The second kappa shape index (κ2) is 6.95. The van der Waals surface area contributed by atoms with Gasteiger partial charge in [0.25, 0.3) is 0 Å². The predicted octanol–water partition coefficient (Wildman–Crippen LogP) is 2.70. The predicted molar refractivity (Wildman–Crippen MR) is 78.8 cm³/mol. The van der Waals surface area contributed by atoms with Crippen molar-refractivity contribution in [1.29, 1.82) is 0 Å². The standard InChI is InChI=1S/C12H18N2S.2ClH/c1-2-11(13-5-1)9-14-6-3-12-10(8-14)4-7-15-12;;/h4,7,11,13H,1-3,5-6,8-9H2;2*1H/t11-;;/m0../s1. The highest BCUT2D eigenvalue weighted by atomic mass is 35.5. The van der Waals surface area contributed by atoms with Crippen LogP contribution in [0.25, 0.3) is 0 Å². The van der Waals surface area contributed by atoms with Gasteiger partial charge in [0.1, 0.15) is 0 Å². The average molecular weight is 295 g/mol. The minimum atomic E-state index is 0. The second-order valence-corrected chi connectivity index (χ2v) is 5.65. The third kappa shape index (κ3) is 3.58. The van der Waals surface area contributed by atoms with E-state index in [0.717, 1.165) is 6.04 Å². The van der Waals surface area contributed by atoms with Gasteiger partial charge in [-0.2, -0.15) is 0 Å². The topological polar surface area (TPSA) is 15.3 Å². The zero-order chi connectivity index (χ0) is 10.1. The largest absolute Gasteiger partial charge is 0.313 e. The van der Waals surface area contributed by atoms with E-state index < -0.39 is 0 Å². The van der Waals surface area contributed by atoms with Gasteiger partial charge in [0, 0.05) is 30.6 Å². The van der Waals surface area contributed by atoms with E-state index in [9.17, 15) is 0 Å². The molecule has 0 spiro atoms. The van der Waals surface area contributed by atoms with Gasteiger partial charge >= 0.3 is 0 Å². The molecule has 5 heteroatoms. The van der Waals surface area contributed by atoms with Gasteiger partial charge in [0.05, 0.1) is 0 Å². The number of thiophene rings is 1. The third-order valence-electron chi connectivity index (χ3n) is 3.53. The first-order valence-corrected chi connectivity index (χ1v) is 6.81. The van der Waals surface area contributed by atoms with Crippen molar-refractivity contribution in [2.24, 2.45) is 0 Å². The molecule has 1 aromatic heterocycles. The quantitative estimate of drug-likeness (QED) is 0.902. The molecular weight excluding hydrogens is 275 g/mol. The van der Waals surface area contributed by atoms with Crippen LogP contribution < -0.4 is 5.32 Å². The number of halogens is 2. The summed E-state index contributed by atoms with van der Waals surface area (Å²) < 4.78 is 0. The van der Waals surface area contributed by atoms with Crippen LogP contribution >= 0.6 is 36.2 Å². The molecule has 0 aliphatic carbocycles. The number of hydrogen-bond acceptors (Lipinski definition) is 3.